The molecular weight excluding hydrogens is 282 g/mol. The smallest absolute Gasteiger partial charge is 0.112 e. The van der Waals surface area contributed by atoms with Crippen molar-refractivity contribution in [3.05, 3.63) is 29.0 Å². The van der Waals surface area contributed by atoms with Crippen molar-refractivity contribution < 1.29 is 0 Å². The number of nitrogens with zero attached hydrogens (tertiary/aromatic N) is 3. The Bertz CT molecular complexity index is 585. The van der Waals surface area contributed by atoms with Crippen LogP contribution in [0.3, 0.4) is 0 Å². The highest BCUT2D eigenvalue weighted by atomic mass is 35.5. The average molecular weight is 308 g/mol. The van der Waals surface area contributed by atoms with Crippen molar-refractivity contribution in [3.8, 4) is 0 Å². The van der Waals surface area contributed by atoms with Gasteiger partial charge in [-0.3, -0.25) is 0 Å². The molecule has 0 atom stereocenters. The topological polar surface area (TPSA) is 21.1 Å². The Hall–Kier alpha value is -1.06. The molecule has 2 aromatic rings. The molecule has 0 aliphatic carbocycles. The first-order valence-electron chi connectivity index (χ1n) is 7.94. The number of benzene rings is 1. The molecule has 2 rings (SSSR count). The summed E-state index contributed by atoms with van der Waals surface area (Å²) in [6, 6.07) is 6.01. The fourth-order valence-corrected chi connectivity index (χ4v) is 2.96. The third-order valence-corrected chi connectivity index (χ3v) is 4.24. The molecule has 21 heavy (non-hydrogen) atoms. The zero-order valence-corrected chi connectivity index (χ0v) is 14.3. The van der Waals surface area contributed by atoms with E-state index in [0.717, 1.165) is 49.0 Å². The molecule has 0 bridgehead atoms. The summed E-state index contributed by atoms with van der Waals surface area (Å²) in [7, 11) is 0. The summed E-state index contributed by atoms with van der Waals surface area (Å²) in [5.41, 5.74) is 2.21. The van der Waals surface area contributed by atoms with E-state index in [1.165, 1.54) is 5.52 Å². The van der Waals surface area contributed by atoms with Gasteiger partial charge in [0.1, 0.15) is 5.82 Å². The monoisotopic (exact) mass is 307 g/mol. The summed E-state index contributed by atoms with van der Waals surface area (Å²) in [6.07, 6.45) is 1.15. The maximum absolute atomic E-state index is 6.09. The number of hydrogen-bond acceptors (Lipinski definition) is 2. The normalized spacial score (nSPS) is 12.0. The fraction of sp³-hybridized carbons (Fsp3) is 0.588. The van der Waals surface area contributed by atoms with Gasteiger partial charge in [-0.2, -0.15) is 0 Å². The Morgan fingerprint density at radius 3 is 2.57 bits per heavy atom. The number of rotatable bonds is 7. The molecule has 3 nitrogen and oxygen atoms in total. The first-order chi connectivity index (χ1) is 10.1. The first-order valence-corrected chi connectivity index (χ1v) is 8.32. The Balaban J connectivity index is 2.22. The van der Waals surface area contributed by atoms with Crippen molar-refractivity contribution in [2.24, 2.45) is 0 Å². The molecule has 0 amide bonds. The molecule has 1 aromatic carbocycles. The highest BCUT2D eigenvalue weighted by Gasteiger charge is 2.14. The van der Waals surface area contributed by atoms with Crippen LogP contribution >= 0.6 is 11.6 Å². The summed E-state index contributed by atoms with van der Waals surface area (Å²) in [5.74, 6) is 1.58. The van der Waals surface area contributed by atoms with E-state index in [1.807, 2.05) is 12.1 Å². The van der Waals surface area contributed by atoms with Crippen LogP contribution in [0.1, 0.15) is 45.9 Å². The highest BCUT2D eigenvalue weighted by molar-refractivity contribution is 6.31. The Labute approximate surface area is 132 Å². The molecule has 0 radical (unpaired) electrons. The number of hydrogen-bond donors (Lipinski definition) is 0. The zero-order valence-electron chi connectivity index (χ0n) is 13.6. The Kier molecular flexibility index (Phi) is 5.65. The SMILES string of the molecule is CCN(CC)CCCn1c(C(C)C)nc2cc(Cl)ccc21. The standard InChI is InChI=1S/C17H26ClN3/c1-5-20(6-2)10-7-11-21-16-9-8-14(18)12-15(16)19-17(21)13(3)4/h8-9,12-13H,5-7,10-11H2,1-4H3. The molecule has 0 aliphatic heterocycles. The molecule has 0 saturated carbocycles. The Morgan fingerprint density at radius 1 is 1.24 bits per heavy atom. The van der Waals surface area contributed by atoms with Crippen molar-refractivity contribution in [2.45, 2.75) is 46.6 Å². The van der Waals surface area contributed by atoms with Crippen molar-refractivity contribution >= 4 is 22.6 Å². The minimum atomic E-state index is 0.421. The van der Waals surface area contributed by atoms with Gasteiger partial charge in [0.15, 0.2) is 0 Å². The average Bonchev–Trinajstić information content (AvgIpc) is 2.81. The molecule has 0 saturated heterocycles. The zero-order chi connectivity index (χ0) is 15.4. The molecule has 0 aliphatic rings. The van der Waals surface area contributed by atoms with Gasteiger partial charge in [-0.1, -0.05) is 39.3 Å². The lowest BCUT2D eigenvalue weighted by Gasteiger charge is -2.19. The quantitative estimate of drug-likeness (QED) is 0.748. The van der Waals surface area contributed by atoms with Crippen LogP contribution < -0.4 is 0 Å². The van der Waals surface area contributed by atoms with Crippen LogP contribution in [0.4, 0.5) is 0 Å². The van der Waals surface area contributed by atoms with E-state index in [4.69, 9.17) is 16.6 Å². The van der Waals surface area contributed by atoms with Gasteiger partial charge in [0.2, 0.25) is 0 Å². The lowest BCUT2D eigenvalue weighted by Crippen LogP contribution is -2.25. The molecule has 116 valence electrons. The van der Waals surface area contributed by atoms with E-state index in [0.29, 0.717) is 5.92 Å². The van der Waals surface area contributed by atoms with Crippen LogP contribution in [0.25, 0.3) is 11.0 Å². The molecule has 1 heterocycles. The van der Waals surface area contributed by atoms with Crippen LogP contribution in [0, 0.1) is 0 Å². The first kappa shape index (κ1) is 16.3. The van der Waals surface area contributed by atoms with Gasteiger partial charge < -0.3 is 9.47 Å². The van der Waals surface area contributed by atoms with Gasteiger partial charge in [0.25, 0.3) is 0 Å². The third kappa shape index (κ3) is 3.78. The predicted molar refractivity (Wildman–Crippen MR) is 91.2 cm³/mol. The number of aryl methyl sites for hydroxylation is 1. The molecule has 1 aromatic heterocycles. The minimum absolute atomic E-state index is 0.421. The van der Waals surface area contributed by atoms with Gasteiger partial charge >= 0.3 is 0 Å². The van der Waals surface area contributed by atoms with Gasteiger partial charge in [0.05, 0.1) is 11.0 Å². The maximum Gasteiger partial charge on any atom is 0.112 e. The highest BCUT2D eigenvalue weighted by Crippen LogP contribution is 2.24. The van der Waals surface area contributed by atoms with E-state index < -0.39 is 0 Å². The second-order valence-corrected chi connectivity index (χ2v) is 6.23. The molecule has 0 fully saturated rings. The van der Waals surface area contributed by atoms with Crippen LogP contribution in [-0.2, 0) is 6.54 Å². The molecular formula is C17H26ClN3. The lowest BCUT2D eigenvalue weighted by molar-refractivity contribution is 0.293. The third-order valence-electron chi connectivity index (χ3n) is 4.01. The lowest BCUT2D eigenvalue weighted by atomic mass is 10.2. The predicted octanol–water partition coefficient (Wildman–Crippen LogP) is 4.55. The number of imidazole rings is 1. The van der Waals surface area contributed by atoms with Crippen LogP contribution in [-0.4, -0.2) is 34.1 Å². The maximum atomic E-state index is 6.09. The van der Waals surface area contributed by atoms with Crippen molar-refractivity contribution in [3.63, 3.8) is 0 Å². The molecule has 0 spiro atoms. The van der Waals surface area contributed by atoms with E-state index >= 15 is 0 Å². The fourth-order valence-electron chi connectivity index (χ4n) is 2.79. The summed E-state index contributed by atoms with van der Waals surface area (Å²) in [5, 5.41) is 0.755. The van der Waals surface area contributed by atoms with Crippen molar-refractivity contribution in [1.29, 1.82) is 0 Å². The van der Waals surface area contributed by atoms with Crippen LogP contribution in [0.2, 0.25) is 5.02 Å². The second kappa shape index (κ2) is 7.28. The summed E-state index contributed by atoms with van der Waals surface area (Å²) >= 11 is 6.09. The number of aromatic nitrogens is 2. The van der Waals surface area contributed by atoms with E-state index in [2.05, 4.69) is 43.2 Å². The van der Waals surface area contributed by atoms with Crippen LogP contribution in [0.15, 0.2) is 18.2 Å². The van der Waals surface area contributed by atoms with E-state index in [-0.39, 0.29) is 0 Å². The van der Waals surface area contributed by atoms with Crippen molar-refractivity contribution in [2.75, 3.05) is 19.6 Å². The van der Waals surface area contributed by atoms with Gasteiger partial charge in [-0.15, -0.1) is 0 Å². The molecule has 0 unspecified atom stereocenters. The van der Waals surface area contributed by atoms with Gasteiger partial charge in [0, 0.05) is 17.5 Å². The van der Waals surface area contributed by atoms with Crippen molar-refractivity contribution in [1.82, 2.24) is 14.5 Å². The van der Waals surface area contributed by atoms with E-state index in [9.17, 15) is 0 Å². The largest absolute Gasteiger partial charge is 0.328 e. The number of fused-ring (bicyclic) bond motifs is 1. The van der Waals surface area contributed by atoms with Gasteiger partial charge in [-0.05, 0) is 44.3 Å². The minimum Gasteiger partial charge on any atom is -0.328 e. The second-order valence-electron chi connectivity index (χ2n) is 5.79. The number of halogens is 1. The summed E-state index contributed by atoms with van der Waals surface area (Å²) < 4.78 is 2.36. The molecule has 4 heteroatoms. The Morgan fingerprint density at radius 2 is 1.95 bits per heavy atom. The summed E-state index contributed by atoms with van der Waals surface area (Å²) in [6.45, 7) is 13.2. The van der Waals surface area contributed by atoms with Gasteiger partial charge in [-0.25, -0.2) is 4.98 Å². The van der Waals surface area contributed by atoms with E-state index in [1.54, 1.807) is 0 Å². The summed E-state index contributed by atoms with van der Waals surface area (Å²) in [4.78, 5) is 7.24. The van der Waals surface area contributed by atoms with Crippen LogP contribution in [0.5, 0.6) is 0 Å². The molecule has 0 N–H and O–H groups in total.